The van der Waals surface area contributed by atoms with Crippen molar-refractivity contribution >= 4 is 34.1 Å². The highest BCUT2D eigenvalue weighted by Gasteiger charge is 2.11. The molecule has 0 saturated heterocycles. The first-order valence-electron chi connectivity index (χ1n) is 6.27. The average molecular weight is 338 g/mol. The van der Waals surface area contributed by atoms with E-state index in [2.05, 4.69) is 56.8 Å². The molecule has 1 heterocycles. The number of H-pyrrole nitrogens is 1. The van der Waals surface area contributed by atoms with Crippen LogP contribution in [0.5, 0.6) is 0 Å². The Kier molecular flexibility index (Phi) is 4.71. The maximum absolute atomic E-state index is 5.34. The maximum Gasteiger partial charge on any atom is 0.204 e. The first-order chi connectivity index (χ1) is 9.17. The maximum atomic E-state index is 5.34. The number of benzene rings is 1. The molecule has 0 aliphatic carbocycles. The molecule has 0 atom stereocenters. The third-order valence-electron chi connectivity index (χ3n) is 2.98. The van der Waals surface area contributed by atoms with Crippen LogP contribution in [0.15, 0.2) is 34.8 Å². The zero-order valence-corrected chi connectivity index (χ0v) is 13.4. The van der Waals surface area contributed by atoms with Crippen molar-refractivity contribution in [3.8, 4) is 11.3 Å². The van der Waals surface area contributed by atoms with Crippen molar-refractivity contribution in [3.05, 3.63) is 39.4 Å². The van der Waals surface area contributed by atoms with Crippen LogP contribution in [0.1, 0.15) is 13.8 Å². The fourth-order valence-electron chi connectivity index (χ4n) is 1.92. The molecule has 0 spiro atoms. The van der Waals surface area contributed by atoms with Crippen molar-refractivity contribution in [1.29, 1.82) is 0 Å². The van der Waals surface area contributed by atoms with E-state index in [1.54, 1.807) is 0 Å². The van der Waals surface area contributed by atoms with Gasteiger partial charge in [0, 0.05) is 13.1 Å². The van der Waals surface area contributed by atoms with Crippen molar-refractivity contribution < 1.29 is 0 Å². The summed E-state index contributed by atoms with van der Waals surface area (Å²) in [7, 11) is 0. The lowest BCUT2D eigenvalue weighted by atomic mass is 10.1. The summed E-state index contributed by atoms with van der Waals surface area (Å²) in [4.78, 5) is 9.96. The topological polar surface area (TPSA) is 31.9 Å². The Bertz CT molecular complexity index is 606. The highest BCUT2D eigenvalue weighted by Crippen LogP contribution is 2.28. The molecule has 0 unspecified atom stereocenters. The molecule has 5 heteroatoms. The minimum absolute atomic E-state index is 0.583. The molecular weight excluding hydrogens is 322 g/mol. The standard InChI is InChI=1S/C14H16BrN3S/c1-3-18(4-2)14-16-12(11(15)13(19)17-14)10-8-6-5-7-9-10/h5-9H,3-4H2,1-2H3,(H,16,17,19). The number of aromatic nitrogens is 2. The second-order valence-electron chi connectivity index (χ2n) is 4.09. The van der Waals surface area contributed by atoms with Gasteiger partial charge in [0.25, 0.3) is 0 Å². The molecule has 0 aliphatic heterocycles. The van der Waals surface area contributed by atoms with Crippen LogP contribution in [-0.4, -0.2) is 23.1 Å². The van der Waals surface area contributed by atoms with Gasteiger partial charge in [0.05, 0.1) is 10.2 Å². The number of hydrogen-bond donors (Lipinski definition) is 1. The number of nitrogens with zero attached hydrogens (tertiary/aromatic N) is 2. The summed E-state index contributed by atoms with van der Waals surface area (Å²) in [5, 5.41) is 0. The van der Waals surface area contributed by atoms with Crippen LogP contribution < -0.4 is 4.90 Å². The first kappa shape index (κ1) is 14.2. The molecule has 3 nitrogen and oxygen atoms in total. The van der Waals surface area contributed by atoms with Crippen molar-refractivity contribution in [3.63, 3.8) is 0 Å². The lowest BCUT2D eigenvalue weighted by Gasteiger charge is -2.20. The Morgan fingerprint density at radius 2 is 1.84 bits per heavy atom. The SMILES string of the molecule is CCN(CC)c1nc(=S)c(Br)c(-c2ccccc2)[nH]1. The van der Waals surface area contributed by atoms with Gasteiger partial charge in [-0.05, 0) is 35.3 Å². The average Bonchev–Trinajstić information content (AvgIpc) is 2.44. The monoisotopic (exact) mass is 337 g/mol. The van der Waals surface area contributed by atoms with Crippen LogP contribution in [0.2, 0.25) is 0 Å². The third kappa shape index (κ3) is 3.04. The van der Waals surface area contributed by atoms with Gasteiger partial charge in [-0.2, -0.15) is 0 Å². The van der Waals surface area contributed by atoms with Crippen LogP contribution in [0.25, 0.3) is 11.3 Å². The zero-order chi connectivity index (χ0) is 13.8. The summed E-state index contributed by atoms with van der Waals surface area (Å²) in [5.41, 5.74) is 2.07. The summed E-state index contributed by atoms with van der Waals surface area (Å²) in [6.45, 7) is 5.99. The summed E-state index contributed by atoms with van der Waals surface area (Å²) >= 11 is 8.87. The van der Waals surface area contributed by atoms with Crippen molar-refractivity contribution in [2.24, 2.45) is 0 Å². The Morgan fingerprint density at radius 3 is 2.42 bits per heavy atom. The highest BCUT2D eigenvalue weighted by atomic mass is 79.9. The molecule has 0 fully saturated rings. The first-order valence-corrected chi connectivity index (χ1v) is 7.47. The van der Waals surface area contributed by atoms with Crippen molar-refractivity contribution in [2.75, 3.05) is 18.0 Å². The van der Waals surface area contributed by atoms with E-state index < -0.39 is 0 Å². The molecule has 0 amide bonds. The number of hydrogen-bond acceptors (Lipinski definition) is 3. The van der Waals surface area contributed by atoms with Gasteiger partial charge in [0.15, 0.2) is 0 Å². The van der Waals surface area contributed by atoms with Gasteiger partial charge in [0.1, 0.15) is 4.64 Å². The van der Waals surface area contributed by atoms with E-state index in [0.29, 0.717) is 4.64 Å². The predicted octanol–water partition coefficient (Wildman–Crippen LogP) is 4.41. The fraction of sp³-hybridized carbons (Fsp3) is 0.286. The molecular formula is C14H16BrN3S. The molecule has 1 aromatic carbocycles. The molecule has 2 rings (SSSR count). The molecule has 0 aliphatic rings. The van der Waals surface area contributed by atoms with Gasteiger partial charge in [-0.15, -0.1) is 0 Å². The fourth-order valence-corrected chi connectivity index (χ4v) is 2.53. The van der Waals surface area contributed by atoms with E-state index in [9.17, 15) is 0 Å². The van der Waals surface area contributed by atoms with E-state index in [0.717, 1.165) is 34.8 Å². The largest absolute Gasteiger partial charge is 0.343 e. The van der Waals surface area contributed by atoms with Crippen molar-refractivity contribution in [2.45, 2.75) is 13.8 Å². The summed E-state index contributed by atoms with van der Waals surface area (Å²) < 4.78 is 1.42. The minimum Gasteiger partial charge on any atom is -0.343 e. The lowest BCUT2D eigenvalue weighted by Crippen LogP contribution is -2.24. The van der Waals surface area contributed by atoms with Gasteiger partial charge >= 0.3 is 0 Å². The quantitative estimate of drug-likeness (QED) is 0.838. The van der Waals surface area contributed by atoms with E-state index in [1.165, 1.54) is 0 Å². The van der Waals surface area contributed by atoms with Gasteiger partial charge in [0.2, 0.25) is 5.95 Å². The Hall–Kier alpha value is -1.20. The molecule has 100 valence electrons. The smallest absolute Gasteiger partial charge is 0.204 e. The third-order valence-corrected chi connectivity index (χ3v) is 4.31. The van der Waals surface area contributed by atoms with Gasteiger partial charge in [-0.1, -0.05) is 42.5 Å². The zero-order valence-electron chi connectivity index (χ0n) is 11.0. The van der Waals surface area contributed by atoms with Gasteiger partial charge in [-0.25, -0.2) is 4.98 Å². The highest BCUT2D eigenvalue weighted by molar-refractivity contribution is 9.10. The van der Waals surface area contributed by atoms with E-state index in [-0.39, 0.29) is 0 Å². The van der Waals surface area contributed by atoms with E-state index in [1.807, 2.05) is 18.2 Å². The summed E-state index contributed by atoms with van der Waals surface area (Å²) in [5.74, 6) is 0.817. The molecule has 1 N–H and O–H groups in total. The summed E-state index contributed by atoms with van der Waals surface area (Å²) in [6.07, 6.45) is 0. The molecule has 2 aromatic rings. The Labute approximate surface area is 126 Å². The number of anilines is 1. The van der Waals surface area contributed by atoms with Gasteiger partial charge in [-0.3, -0.25) is 0 Å². The Balaban J connectivity index is 2.58. The molecule has 1 aromatic heterocycles. The van der Waals surface area contributed by atoms with Crippen LogP contribution in [0.4, 0.5) is 5.95 Å². The number of aromatic amines is 1. The lowest BCUT2D eigenvalue weighted by molar-refractivity contribution is 0.819. The molecule has 19 heavy (non-hydrogen) atoms. The van der Waals surface area contributed by atoms with Crippen LogP contribution >= 0.6 is 28.1 Å². The van der Waals surface area contributed by atoms with E-state index >= 15 is 0 Å². The van der Waals surface area contributed by atoms with Crippen LogP contribution in [0, 0.1) is 4.64 Å². The second-order valence-corrected chi connectivity index (χ2v) is 5.27. The second kappa shape index (κ2) is 6.30. The number of rotatable bonds is 4. The number of nitrogens with one attached hydrogen (secondary N) is 1. The van der Waals surface area contributed by atoms with Crippen LogP contribution in [-0.2, 0) is 0 Å². The minimum atomic E-state index is 0.583. The Morgan fingerprint density at radius 1 is 1.21 bits per heavy atom. The molecule has 0 radical (unpaired) electrons. The van der Waals surface area contributed by atoms with Crippen LogP contribution in [0.3, 0.4) is 0 Å². The van der Waals surface area contributed by atoms with Crippen molar-refractivity contribution in [1.82, 2.24) is 9.97 Å². The normalized spacial score (nSPS) is 10.5. The molecule has 0 bridgehead atoms. The van der Waals surface area contributed by atoms with Gasteiger partial charge < -0.3 is 9.88 Å². The summed E-state index contributed by atoms with van der Waals surface area (Å²) in [6, 6.07) is 10.1. The number of halogens is 1. The predicted molar refractivity (Wildman–Crippen MR) is 86.1 cm³/mol. The molecule has 0 saturated carbocycles. The van der Waals surface area contributed by atoms with E-state index in [4.69, 9.17) is 12.2 Å².